The van der Waals surface area contributed by atoms with Crippen molar-refractivity contribution in [3.05, 3.63) is 58.7 Å². The number of hydrogen-bond donors (Lipinski definition) is 1. The highest BCUT2D eigenvalue weighted by atomic mass is 16.5. The van der Waals surface area contributed by atoms with Gasteiger partial charge in [0.2, 0.25) is 0 Å². The molecule has 2 aromatic carbocycles. The monoisotopic (exact) mass is 286 g/mol. The van der Waals surface area contributed by atoms with Crippen molar-refractivity contribution < 1.29 is 19.4 Å². The van der Waals surface area contributed by atoms with Crippen molar-refractivity contribution in [3.8, 4) is 11.5 Å². The molecule has 110 valence electrons. The Morgan fingerprint density at radius 2 is 1.86 bits per heavy atom. The van der Waals surface area contributed by atoms with Gasteiger partial charge in [-0.1, -0.05) is 6.07 Å². The number of ether oxygens (including phenoxy) is 2. The van der Waals surface area contributed by atoms with E-state index in [0.29, 0.717) is 11.3 Å². The predicted molar refractivity (Wildman–Crippen MR) is 80.2 cm³/mol. The molecular formula is C17H18O4. The van der Waals surface area contributed by atoms with Gasteiger partial charge in [-0.25, -0.2) is 4.79 Å². The lowest BCUT2D eigenvalue weighted by Gasteiger charge is -2.12. The Kier molecular flexibility index (Phi) is 4.48. The molecule has 0 amide bonds. The molecule has 1 N–H and O–H groups in total. The molecule has 0 radical (unpaired) electrons. The van der Waals surface area contributed by atoms with Crippen LogP contribution in [0.1, 0.15) is 27.0 Å². The largest absolute Gasteiger partial charge is 0.496 e. The van der Waals surface area contributed by atoms with Crippen molar-refractivity contribution in [3.63, 3.8) is 0 Å². The van der Waals surface area contributed by atoms with E-state index in [1.165, 1.54) is 11.6 Å². The van der Waals surface area contributed by atoms with Gasteiger partial charge in [-0.05, 0) is 55.3 Å². The van der Waals surface area contributed by atoms with Crippen LogP contribution < -0.4 is 9.47 Å². The number of aromatic carboxylic acids is 1. The van der Waals surface area contributed by atoms with Crippen LogP contribution in [0, 0.1) is 13.8 Å². The molecule has 0 spiro atoms. The standard InChI is InChI=1S/C17H18O4/c1-11-4-6-15(8-12(11)2)21-10-14-9-13(17(18)19)5-7-16(14)20-3/h4-9H,10H2,1-3H3,(H,18,19). The zero-order valence-electron chi connectivity index (χ0n) is 12.3. The number of hydrogen-bond acceptors (Lipinski definition) is 3. The average Bonchev–Trinajstić information content (AvgIpc) is 2.48. The van der Waals surface area contributed by atoms with Crippen LogP contribution in [0.15, 0.2) is 36.4 Å². The summed E-state index contributed by atoms with van der Waals surface area (Å²) in [6.45, 7) is 4.32. The fourth-order valence-electron chi connectivity index (χ4n) is 1.99. The van der Waals surface area contributed by atoms with Crippen molar-refractivity contribution in [2.45, 2.75) is 20.5 Å². The van der Waals surface area contributed by atoms with E-state index >= 15 is 0 Å². The molecule has 4 nitrogen and oxygen atoms in total. The van der Waals surface area contributed by atoms with Gasteiger partial charge in [0.15, 0.2) is 0 Å². The minimum atomic E-state index is -0.968. The highest BCUT2D eigenvalue weighted by Crippen LogP contribution is 2.23. The molecule has 0 heterocycles. The average molecular weight is 286 g/mol. The van der Waals surface area contributed by atoms with E-state index in [1.807, 2.05) is 32.0 Å². The van der Waals surface area contributed by atoms with Gasteiger partial charge in [0.05, 0.1) is 12.7 Å². The van der Waals surface area contributed by atoms with Crippen molar-refractivity contribution >= 4 is 5.97 Å². The number of methoxy groups -OCH3 is 1. The third kappa shape index (κ3) is 3.54. The van der Waals surface area contributed by atoms with Crippen LogP contribution in [0.2, 0.25) is 0 Å². The summed E-state index contributed by atoms with van der Waals surface area (Å²) in [5, 5.41) is 9.04. The maximum absolute atomic E-state index is 11.0. The minimum Gasteiger partial charge on any atom is -0.496 e. The quantitative estimate of drug-likeness (QED) is 0.912. The smallest absolute Gasteiger partial charge is 0.335 e. The first kappa shape index (κ1) is 14.9. The Bertz CT molecular complexity index is 662. The Balaban J connectivity index is 2.19. The van der Waals surface area contributed by atoms with E-state index < -0.39 is 5.97 Å². The number of carboxylic acids is 1. The molecule has 4 heteroatoms. The molecule has 21 heavy (non-hydrogen) atoms. The van der Waals surface area contributed by atoms with Gasteiger partial charge in [-0.3, -0.25) is 0 Å². The maximum atomic E-state index is 11.0. The lowest BCUT2D eigenvalue weighted by atomic mass is 10.1. The number of aryl methyl sites for hydroxylation is 2. The van der Waals surface area contributed by atoms with E-state index in [-0.39, 0.29) is 12.2 Å². The normalized spacial score (nSPS) is 10.2. The first-order valence-electron chi connectivity index (χ1n) is 6.61. The second-order valence-corrected chi connectivity index (χ2v) is 4.87. The molecule has 0 aliphatic carbocycles. The molecule has 0 aromatic heterocycles. The van der Waals surface area contributed by atoms with Crippen LogP contribution in [-0.2, 0) is 6.61 Å². The van der Waals surface area contributed by atoms with E-state index in [0.717, 1.165) is 11.3 Å². The number of carbonyl (C=O) groups is 1. The Morgan fingerprint density at radius 1 is 1.10 bits per heavy atom. The predicted octanol–water partition coefficient (Wildman–Crippen LogP) is 3.59. The van der Waals surface area contributed by atoms with Crippen LogP contribution in [0.3, 0.4) is 0 Å². The highest BCUT2D eigenvalue weighted by molar-refractivity contribution is 5.88. The van der Waals surface area contributed by atoms with Gasteiger partial charge < -0.3 is 14.6 Å². The van der Waals surface area contributed by atoms with Gasteiger partial charge in [0.25, 0.3) is 0 Å². The van der Waals surface area contributed by atoms with Crippen LogP contribution >= 0.6 is 0 Å². The van der Waals surface area contributed by atoms with Crippen LogP contribution in [0.4, 0.5) is 0 Å². The van der Waals surface area contributed by atoms with E-state index in [9.17, 15) is 4.79 Å². The van der Waals surface area contributed by atoms with Gasteiger partial charge in [-0.2, -0.15) is 0 Å². The summed E-state index contributed by atoms with van der Waals surface area (Å²) < 4.78 is 11.0. The van der Waals surface area contributed by atoms with Crippen LogP contribution in [0.25, 0.3) is 0 Å². The summed E-state index contributed by atoms with van der Waals surface area (Å²) in [5.41, 5.74) is 3.27. The Hall–Kier alpha value is -2.49. The fourth-order valence-corrected chi connectivity index (χ4v) is 1.99. The molecule has 0 saturated carbocycles. The van der Waals surface area contributed by atoms with Gasteiger partial charge in [0, 0.05) is 5.56 Å². The number of carboxylic acid groups (broad SMARTS) is 1. The zero-order valence-corrected chi connectivity index (χ0v) is 12.3. The first-order valence-corrected chi connectivity index (χ1v) is 6.61. The van der Waals surface area contributed by atoms with Gasteiger partial charge in [-0.15, -0.1) is 0 Å². The molecular weight excluding hydrogens is 268 g/mol. The minimum absolute atomic E-state index is 0.217. The molecule has 2 aromatic rings. The summed E-state index contributed by atoms with van der Waals surface area (Å²) in [4.78, 5) is 11.0. The molecule has 0 saturated heterocycles. The Morgan fingerprint density at radius 3 is 2.48 bits per heavy atom. The lowest BCUT2D eigenvalue weighted by Crippen LogP contribution is -2.03. The zero-order chi connectivity index (χ0) is 15.4. The van der Waals surface area contributed by atoms with Crippen LogP contribution in [0.5, 0.6) is 11.5 Å². The fraction of sp³-hybridized carbons (Fsp3) is 0.235. The van der Waals surface area contributed by atoms with Crippen molar-refractivity contribution in [2.24, 2.45) is 0 Å². The van der Waals surface area contributed by atoms with E-state index in [4.69, 9.17) is 14.6 Å². The van der Waals surface area contributed by atoms with Crippen molar-refractivity contribution in [1.82, 2.24) is 0 Å². The third-order valence-electron chi connectivity index (χ3n) is 3.40. The van der Waals surface area contributed by atoms with Gasteiger partial charge >= 0.3 is 5.97 Å². The number of rotatable bonds is 5. The summed E-state index contributed by atoms with van der Waals surface area (Å²) in [6, 6.07) is 10.6. The summed E-state index contributed by atoms with van der Waals surface area (Å²) in [5.74, 6) is 0.398. The van der Waals surface area contributed by atoms with E-state index in [2.05, 4.69) is 0 Å². The summed E-state index contributed by atoms with van der Waals surface area (Å²) in [6.07, 6.45) is 0. The van der Waals surface area contributed by atoms with E-state index in [1.54, 1.807) is 19.2 Å². The SMILES string of the molecule is COc1ccc(C(=O)O)cc1COc1ccc(C)c(C)c1. The molecule has 0 aliphatic heterocycles. The van der Waals surface area contributed by atoms with Crippen molar-refractivity contribution in [1.29, 1.82) is 0 Å². The lowest BCUT2D eigenvalue weighted by molar-refractivity contribution is 0.0696. The molecule has 0 unspecified atom stereocenters. The first-order chi connectivity index (χ1) is 10.0. The topological polar surface area (TPSA) is 55.8 Å². The second-order valence-electron chi connectivity index (χ2n) is 4.87. The maximum Gasteiger partial charge on any atom is 0.335 e. The third-order valence-corrected chi connectivity index (χ3v) is 3.40. The van der Waals surface area contributed by atoms with Gasteiger partial charge in [0.1, 0.15) is 18.1 Å². The molecule has 0 fully saturated rings. The second kappa shape index (κ2) is 6.31. The number of benzene rings is 2. The molecule has 0 aliphatic rings. The molecule has 0 bridgehead atoms. The Labute approximate surface area is 123 Å². The summed E-state index contributed by atoms with van der Waals surface area (Å²) >= 11 is 0. The summed E-state index contributed by atoms with van der Waals surface area (Å²) in [7, 11) is 1.55. The molecule has 0 atom stereocenters. The highest BCUT2D eigenvalue weighted by Gasteiger charge is 2.10. The van der Waals surface area contributed by atoms with Crippen LogP contribution in [-0.4, -0.2) is 18.2 Å². The van der Waals surface area contributed by atoms with Crippen molar-refractivity contribution in [2.75, 3.05) is 7.11 Å². The molecule has 2 rings (SSSR count).